The zero-order valence-electron chi connectivity index (χ0n) is 14.5. The van der Waals surface area contributed by atoms with Crippen LogP contribution in [0.1, 0.15) is 59.3 Å². The van der Waals surface area contributed by atoms with E-state index >= 15 is 0 Å². The highest BCUT2D eigenvalue weighted by molar-refractivity contribution is 6.31. The van der Waals surface area contributed by atoms with Crippen LogP contribution in [0.4, 0.5) is 0 Å². The summed E-state index contributed by atoms with van der Waals surface area (Å²) in [5.74, 6) is 1.88. The molecule has 3 heteroatoms. The highest BCUT2D eigenvalue weighted by atomic mass is 35.5. The molecule has 3 fully saturated rings. The summed E-state index contributed by atoms with van der Waals surface area (Å²) in [4.78, 5) is 0. The van der Waals surface area contributed by atoms with Gasteiger partial charge in [-0.1, -0.05) is 37.6 Å². The fourth-order valence-electron chi connectivity index (χ4n) is 6.64. The van der Waals surface area contributed by atoms with Crippen LogP contribution in [0.2, 0.25) is 0 Å². The van der Waals surface area contributed by atoms with Crippen LogP contribution in [0.5, 0.6) is 0 Å². The van der Waals surface area contributed by atoms with Gasteiger partial charge in [0, 0.05) is 5.41 Å². The Morgan fingerprint density at radius 2 is 1.78 bits per heavy atom. The normalized spacial score (nSPS) is 55.4. The Kier molecular flexibility index (Phi) is 3.42. The third kappa shape index (κ3) is 1.95. The van der Waals surface area contributed by atoms with Gasteiger partial charge >= 0.3 is 0 Å². The Morgan fingerprint density at radius 1 is 1.09 bits per heavy atom. The van der Waals surface area contributed by atoms with Gasteiger partial charge in [0.25, 0.3) is 0 Å². The predicted molar refractivity (Wildman–Crippen MR) is 93.0 cm³/mol. The lowest BCUT2D eigenvalue weighted by atomic mass is 9.47. The van der Waals surface area contributed by atoms with Crippen LogP contribution in [0, 0.1) is 28.6 Å². The number of hydrogen-bond acceptors (Lipinski definition) is 2. The van der Waals surface area contributed by atoms with Crippen LogP contribution in [-0.2, 0) is 0 Å². The molecular weight excluding hydrogens is 308 g/mol. The fourth-order valence-corrected chi connectivity index (χ4v) is 7.01. The molecule has 1 unspecified atom stereocenters. The largest absolute Gasteiger partial charge is 0.390 e. The van der Waals surface area contributed by atoms with Crippen LogP contribution < -0.4 is 0 Å². The number of allylic oxidation sites excluding steroid dienone is 2. The van der Waals surface area contributed by atoms with E-state index in [0.29, 0.717) is 22.8 Å². The Labute approximate surface area is 144 Å². The van der Waals surface area contributed by atoms with Gasteiger partial charge in [0.15, 0.2) is 0 Å². The van der Waals surface area contributed by atoms with E-state index in [-0.39, 0.29) is 10.8 Å². The number of hydrogen-bond donors (Lipinski definition) is 2. The Bertz CT molecular complexity index is 592. The van der Waals surface area contributed by atoms with Gasteiger partial charge in [0.05, 0.1) is 10.6 Å². The van der Waals surface area contributed by atoms with E-state index in [2.05, 4.69) is 26.8 Å². The lowest BCUT2D eigenvalue weighted by molar-refractivity contribution is -0.111. The zero-order valence-corrected chi connectivity index (χ0v) is 15.2. The Hall–Kier alpha value is -0.310. The van der Waals surface area contributed by atoms with E-state index in [1.165, 1.54) is 5.57 Å². The van der Waals surface area contributed by atoms with Gasteiger partial charge in [-0.3, -0.25) is 0 Å². The first-order valence-corrected chi connectivity index (χ1v) is 9.57. The molecule has 0 aliphatic heterocycles. The van der Waals surface area contributed by atoms with Crippen LogP contribution >= 0.6 is 11.6 Å². The van der Waals surface area contributed by atoms with Gasteiger partial charge in [-0.2, -0.15) is 0 Å². The molecule has 4 aliphatic rings. The summed E-state index contributed by atoms with van der Waals surface area (Å²) in [5.41, 5.74) is 0.807. The topological polar surface area (TPSA) is 40.5 Å². The highest BCUT2D eigenvalue weighted by Gasteiger charge is 2.62. The van der Waals surface area contributed by atoms with Gasteiger partial charge < -0.3 is 10.2 Å². The van der Waals surface area contributed by atoms with Crippen molar-refractivity contribution in [2.24, 2.45) is 28.6 Å². The van der Waals surface area contributed by atoms with Gasteiger partial charge in [-0.25, -0.2) is 0 Å². The molecule has 0 bridgehead atoms. The number of rotatable bonds is 0. The summed E-state index contributed by atoms with van der Waals surface area (Å²) in [7, 11) is 0. The number of halogens is 1. The van der Waals surface area contributed by atoms with E-state index in [9.17, 15) is 10.2 Å². The van der Waals surface area contributed by atoms with Crippen molar-refractivity contribution in [1.29, 1.82) is 0 Å². The average molecular weight is 337 g/mol. The lowest BCUT2D eigenvalue weighted by Gasteiger charge is -2.58. The summed E-state index contributed by atoms with van der Waals surface area (Å²) in [6.45, 7) is 6.69. The second-order valence-corrected chi connectivity index (χ2v) is 9.50. The monoisotopic (exact) mass is 336 g/mol. The lowest BCUT2D eigenvalue weighted by Crippen LogP contribution is -2.53. The molecule has 23 heavy (non-hydrogen) atoms. The molecule has 0 amide bonds. The molecule has 3 saturated carbocycles. The summed E-state index contributed by atoms with van der Waals surface area (Å²) in [6.07, 6.45) is 9.98. The maximum atomic E-state index is 10.9. The minimum Gasteiger partial charge on any atom is -0.390 e. The third-order valence-corrected chi connectivity index (χ3v) is 8.77. The molecule has 4 rings (SSSR count). The standard InChI is InChI=1S/C20H29ClO2/c1-18-9-8-16(22)17(21)15(18)5-4-12-13(18)6-10-19(2)14(12)7-11-20(19,3)23/h8-9,12-14,16,22-23H,4-7,10-11H2,1-3H3/t12-,13+,14+,16?,18-,19+,20+/m0/s1. The van der Waals surface area contributed by atoms with E-state index in [0.717, 1.165) is 38.5 Å². The molecular formula is C20H29ClO2. The van der Waals surface area contributed by atoms with Gasteiger partial charge in [0.1, 0.15) is 6.10 Å². The average Bonchev–Trinajstić information content (AvgIpc) is 2.74. The first-order valence-electron chi connectivity index (χ1n) is 9.19. The van der Waals surface area contributed by atoms with Crippen LogP contribution in [0.3, 0.4) is 0 Å². The molecule has 4 aliphatic carbocycles. The van der Waals surface area contributed by atoms with E-state index in [1.807, 2.05) is 6.08 Å². The summed E-state index contributed by atoms with van der Waals surface area (Å²) in [5, 5.41) is 21.7. The fraction of sp³-hybridized carbons (Fsp3) is 0.800. The van der Waals surface area contributed by atoms with Crippen LogP contribution in [-0.4, -0.2) is 21.9 Å². The van der Waals surface area contributed by atoms with Crippen molar-refractivity contribution in [2.45, 2.75) is 71.0 Å². The van der Waals surface area contributed by atoms with Crippen molar-refractivity contribution >= 4 is 11.6 Å². The second kappa shape index (κ2) is 4.86. The molecule has 0 aromatic heterocycles. The molecule has 2 N–H and O–H groups in total. The number of aliphatic hydroxyl groups is 2. The van der Waals surface area contributed by atoms with E-state index in [4.69, 9.17) is 11.6 Å². The minimum atomic E-state index is -0.614. The molecule has 0 aromatic rings. The quantitative estimate of drug-likeness (QED) is 0.643. The maximum Gasteiger partial charge on any atom is 0.108 e. The third-order valence-electron chi connectivity index (χ3n) is 8.32. The molecule has 0 spiro atoms. The Morgan fingerprint density at radius 3 is 2.52 bits per heavy atom. The molecule has 2 nitrogen and oxygen atoms in total. The van der Waals surface area contributed by atoms with Crippen LogP contribution in [0.15, 0.2) is 22.8 Å². The summed E-state index contributed by atoms with van der Waals surface area (Å²) < 4.78 is 0. The molecule has 7 atom stereocenters. The van der Waals surface area contributed by atoms with Gasteiger partial charge in [0.2, 0.25) is 0 Å². The molecule has 0 aromatic carbocycles. The summed E-state index contributed by atoms with van der Waals surface area (Å²) in [6, 6.07) is 0. The van der Waals surface area contributed by atoms with Crippen molar-refractivity contribution in [2.75, 3.05) is 0 Å². The number of aliphatic hydroxyl groups excluding tert-OH is 1. The van der Waals surface area contributed by atoms with Crippen molar-refractivity contribution in [3.63, 3.8) is 0 Å². The highest BCUT2D eigenvalue weighted by Crippen LogP contribution is 2.67. The second-order valence-electron chi connectivity index (χ2n) is 9.10. The van der Waals surface area contributed by atoms with Crippen molar-refractivity contribution in [3.8, 4) is 0 Å². The summed E-state index contributed by atoms with van der Waals surface area (Å²) >= 11 is 6.48. The smallest absolute Gasteiger partial charge is 0.108 e. The van der Waals surface area contributed by atoms with Crippen molar-refractivity contribution < 1.29 is 10.2 Å². The predicted octanol–water partition coefficient (Wildman–Crippen LogP) is 4.40. The maximum absolute atomic E-state index is 10.9. The Balaban J connectivity index is 1.72. The van der Waals surface area contributed by atoms with Crippen molar-refractivity contribution in [1.82, 2.24) is 0 Å². The SMILES string of the molecule is C[C@@]12C=CC(O)C(Cl)=C1CC[C@H]1[C@H]2CC[C@]2(C)[C@@H]1CC[C@@]2(C)O. The van der Waals surface area contributed by atoms with Gasteiger partial charge in [-0.05, 0) is 74.2 Å². The number of fused-ring (bicyclic) bond motifs is 5. The molecule has 128 valence electrons. The minimum absolute atomic E-state index is 0.00495. The zero-order chi connectivity index (χ0) is 16.6. The van der Waals surface area contributed by atoms with E-state index < -0.39 is 11.7 Å². The van der Waals surface area contributed by atoms with E-state index in [1.54, 1.807) is 0 Å². The molecule has 0 heterocycles. The first-order chi connectivity index (χ1) is 10.7. The molecule has 0 radical (unpaired) electrons. The van der Waals surface area contributed by atoms with Crippen molar-refractivity contribution in [3.05, 3.63) is 22.8 Å². The first kappa shape index (κ1) is 16.2. The molecule has 0 saturated heterocycles. The van der Waals surface area contributed by atoms with Gasteiger partial charge in [-0.15, -0.1) is 0 Å². The van der Waals surface area contributed by atoms with Crippen LogP contribution in [0.25, 0.3) is 0 Å².